The summed E-state index contributed by atoms with van der Waals surface area (Å²) in [6.07, 6.45) is -0.354. The first-order chi connectivity index (χ1) is 19.3. The van der Waals surface area contributed by atoms with Crippen LogP contribution in [0.5, 0.6) is 5.75 Å². The Morgan fingerprint density at radius 3 is 2.38 bits per heavy atom. The van der Waals surface area contributed by atoms with Gasteiger partial charge in [-0.25, -0.2) is 4.79 Å². The number of benzene rings is 3. The zero-order valence-electron chi connectivity index (χ0n) is 23.0. The third kappa shape index (κ3) is 6.98. The number of nitrogens with one attached hydrogen (secondary N) is 2. The normalized spacial score (nSPS) is 17.5. The second-order valence-electron chi connectivity index (χ2n) is 10.2. The molecule has 0 aromatic heterocycles. The van der Waals surface area contributed by atoms with E-state index in [1.807, 2.05) is 55.5 Å². The maximum absolute atomic E-state index is 13.7. The summed E-state index contributed by atoms with van der Waals surface area (Å²) in [7, 11) is 1.68. The molecule has 1 aliphatic rings. The second-order valence-corrected chi connectivity index (χ2v) is 10.2. The fourth-order valence-corrected chi connectivity index (χ4v) is 4.63. The third-order valence-electron chi connectivity index (χ3n) is 7.00. The predicted molar refractivity (Wildman–Crippen MR) is 154 cm³/mol. The standard InChI is InChI=1S/C31H36N4O5/c1-21-18-35(22(2)20-36)30(38)25-15-10-16-26(33-28(37)17-23-11-6-4-7-12-23)29(25)40-27(21)19-34(3)31(39)32-24-13-8-5-9-14-24/h4-16,21-22,27,36H,17-20H2,1-3H3,(H,32,39)(H,33,37)/t21-,22+,27+/m0/s1. The van der Waals surface area contributed by atoms with Crippen LogP contribution in [0.25, 0.3) is 0 Å². The number of likely N-dealkylation sites (N-methyl/N-ethyl adjacent to an activating group) is 1. The Morgan fingerprint density at radius 1 is 1.02 bits per heavy atom. The maximum Gasteiger partial charge on any atom is 0.321 e. The van der Waals surface area contributed by atoms with Gasteiger partial charge in [0.05, 0.1) is 36.9 Å². The molecule has 3 aromatic carbocycles. The van der Waals surface area contributed by atoms with Gasteiger partial charge in [0.25, 0.3) is 5.91 Å². The van der Waals surface area contributed by atoms with Crippen LogP contribution in [0.1, 0.15) is 29.8 Å². The molecule has 0 fully saturated rings. The number of fused-ring (bicyclic) bond motifs is 1. The van der Waals surface area contributed by atoms with Gasteiger partial charge in [-0.3, -0.25) is 9.59 Å². The fourth-order valence-electron chi connectivity index (χ4n) is 4.63. The van der Waals surface area contributed by atoms with E-state index in [-0.39, 0.29) is 54.6 Å². The Kier molecular flexibility index (Phi) is 9.39. The topological polar surface area (TPSA) is 111 Å². The van der Waals surface area contributed by atoms with Gasteiger partial charge in [0.15, 0.2) is 5.75 Å². The number of para-hydroxylation sites is 2. The molecule has 4 amide bonds. The molecule has 0 aliphatic carbocycles. The van der Waals surface area contributed by atoms with Crippen molar-refractivity contribution in [2.75, 3.05) is 37.4 Å². The average molecular weight is 545 g/mol. The van der Waals surface area contributed by atoms with E-state index in [2.05, 4.69) is 10.6 Å². The van der Waals surface area contributed by atoms with E-state index in [0.29, 0.717) is 17.9 Å². The number of anilines is 2. The van der Waals surface area contributed by atoms with E-state index in [4.69, 9.17) is 4.74 Å². The number of hydrogen-bond acceptors (Lipinski definition) is 5. The molecule has 0 bridgehead atoms. The summed E-state index contributed by atoms with van der Waals surface area (Å²) in [6.45, 7) is 4.07. The molecular weight excluding hydrogens is 508 g/mol. The summed E-state index contributed by atoms with van der Waals surface area (Å²) >= 11 is 0. The van der Waals surface area contributed by atoms with Gasteiger partial charge >= 0.3 is 6.03 Å². The van der Waals surface area contributed by atoms with Crippen LogP contribution in [0.15, 0.2) is 78.9 Å². The Hall–Kier alpha value is -4.37. The van der Waals surface area contributed by atoms with Gasteiger partial charge in [-0.05, 0) is 36.8 Å². The highest BCUT2D eigenvalue weighted by atomic mass is 16.5. The number of carbonyl (C=O) groups excluding carboxylic acids is 3. The van der Waals surface area contributed by atoms with E-state index in [9.17, 15) is 19.5 Å². The van der Waals surface area contributed by atoms with Gasteiger partial charge < -0.3 is 30.3 Å². The van der Waals surface area contributed by atoms with Crippen molar-refractivity contribution < 1.29 is 24.2 Å². The number of aliphatic hydroxyl groups excluding tert-OH is 1. The van der Waals surface area contributed by atoms with E-state index in [1.165, 1.54) is 4.90 Å². The zero-order valence-corrected chi connectivity index (χ0v) is 23.0. The molecule has 0 radical (unpaired) electrons. The first kappa shape index (κ1) is 28.6. The Labute approximate surface area is 234 Å². The molecule has 0 saturated carbocycles. The SMILES string of the molecule is C[C@H](CO)N1C[C@H](C)[C@@H](CN(C)C(=O)Nc2ccccc2)Oc2c(NC(=O)Cc3ccccc3)cccc2C1=O. The minimum Gasteiger partial charge on any atom is -0.485 e. The van der Waals surface area contributed by atoms with Crippen LogP contribution in [0.2, 0.25) is 0 Å². The molecule has 1 heterocycles. The predicted octanol–water partition coefficient (Wildman–Crippen LogP) is 4.25. The third-order valence-corrected chi connectivity index (χ3v) is 7.00. The van der Waals surface area contributed by atoms with Crippen molar-refractivity contribution >= 4 is 29.2 Å². The van der Waals surface area contributed by atoms with Crippen molar-refractivity contribution in [2.45, 2.75) is 32.4 Å². The summed E-state index contributed by atoms with van der Waals surface area (Å²) < 4.78 is 6.49. The molecule has 9 nitrogen and oxygen atoms in total. The van der Waals surface area contributed by atoms with Crippen molar-refractivity contribution in [1.29, 1.82) is 0 Å². The highest BCUT2D eigenvalue weighted by molar-refractivity contribution is 6.02. The lowest BCUT2D eigenvalue weighted by molar-refractivity contribution is -0.115. The van der Waals surface area contributed by atoms with Crippen molar-refractivity contribution in [2.24, 2.45) is 5.92 Å². The number of rotatable bonds is 8. The lowest BCUT2D eigenvalue weighted by atomic mass is 9.99. The Bertz CT molecular complexity index is 1320. The Morgan fingerprint density at radius 2 is 1.70 bits per heavy atom. The van der Waals surface area contributed by atoms with Crippen LogP contribution in [0, 0.1) is 5.92 Å². The number of ether oxygens (including phenoxy) is 1. The number of urea groups is 1. The van der Waals surface area contributed by atoms with Gasteiger partial charge in [-0.15, -0.1) is 0 Å². The van der Waals surface area contributed by atoms with E-state index < -0.39 is 12.1 Å². The van der Waals surface area contributed by atoms with Crippen LogP contribution in [-0.4, -0.2) is 71.6 Å². The summed E-state index contributed by atoms with van der Waals surface area (Å²) in [5.74, 6) is -0.498. The average Bonchev–Trinajstić information content (AvgIpc) is 2.95. The lowest BCUT2D eigenvalue weighted by Crippen LogP contribution is -2.50. The summed E-state index contributed by atoms with van der Waals surface area (Å²) in [4.78, 5) is 42.7. The quantitative estimate of drug-likeness (QED) is 0.393. The molecule has 0 saturated heterocycles. The number of hydrogen-bond donors (Lipinski definition) is 3. The number of aliphatic hydroxyl groups is 1. The fraction of sp³-hybridized carbons (Fsp3) is 0.323. The van der Waals surface area contributed by atoms with Gasteiger partial charge in [-0.1, -0.05) is 61.5 Å². The number of amides is 4. The van der Waals surface area contributed by atoms with Crippen molar-refractivity contribution in [3.63, 3.8) is 0 Å². The van der Waals surface area contributed by atoms with E-state index in [0.717, 1.165) is 5.56 Å². The van der Waals surface area contributed by atoms with Crippen LogP contribution in [0.3, 0.4) is 0 Å². The molecule has 3 N–H and O–H groups in total. The first-order valence-corrected chi connectivity index (χ1v) is 13.4. The van der Waals surface area contributed by atoms with E-state index in [1.54, 1.807) is 49.2 Å². The van der Waals surface area contributed by atoms with Gasteiger partial charge in [-0.2, -0.15) is 0 Å². The zero-order chi connectivity index (χ0) is 28.6. The minimum atomic E-state index is -0.515. The molecule has 3 atom stereocenters. The molecule has 0 unspecified atom stereocenters. The van der Waals surface area contributed by atoms with Crippen LogP contribution < -0.4 is 15.4 Å². The van der Waals surface area contributed by atoms with Crippen LogP contribution >= 0.6 is 0 Å². The van der Waals surface area contributed by atoms with Crippen molar-refractivity contribution in [1.82, 2.24) is 9.80 Å². The van der Waals surface area contributed by atoms with Gasteiger partial charge in [0, 0.05) is 25.2 Å². The molecule has 9 heteroatoms. The summed E-state index contributed by atoms with van der Waals surface area (Å²) in [6, 6.07) is 22.9. The van der Waals surface area contributed by atoms with Gasteiger partial charge in [0.2, 0.25) is 5.91 Å². The second kappa shape index (κ2) is 13.1. The maximum atomic E-state index is 13.7. The first-order valence-electron chi connectivity index (χ1n) is 13.4. The van der Waals surface area contributed by atoms with Crippen LogP contribution in [0.4, 0.5) is 16.2 Å². The highest BCUT2D eigenvalue weighted by Gasteiger charge is 2.35. The lowest BCUT2D eigenvalue weighted by Gasteiger charge is -2.38. The number of nitrogens with zero attached hydrogens (tertiary/aromatic N) is 2. The van der Waals surface area contributed by atoms with Crippen molar-refractivity contribution in [3.05, 3.63) is 90.0 Å². The summed E-state index contributed by atoms with van der Waals surface area (Å²) in [5.41, 5.74) is 2.19. The molecule has 210 valence electrons. The largest absolute Gasteiger partial charge is 0.485 e. The van der Waals surface area contributed by atoms with Crippen LogP contribution in [-0.2, 0) is 11.2 Å². The van der Waals surface area contributed by atoms with Crippen molar-refractivity contribution in [3.8, 4) is 5.75 Å². The molecule has 40 heavy (non-hydrogen) atoms. The highest BCUT2D eigenvalue weighted by Crippen LogP contribution is 2.35. The minimum absolute atomic E-state index is 0.161. The smallest absolute Gasteiger partial charge is 0.321 e. The molecule has 4 rings (SSSR count). The van der Waals surface area contributed by atoms with E-state index >= 15 is 0 Å². The molecule has 1 aliphatic heterocycles. The summed E-state index contributed by atoms with van der Waals surface area (Å²) in [5, 5.41) is 15.7. The number of carbonyl (C=O) groups is 3. The monoisotopic (exact) mass is 544 g/mol. The van der Waals surface area contributed by atoms with Gasteiger partial charge in [0.1, 0.15) is 6.10 Å². The molecular formula is C31H36N4O5. The molecule has 3 aromatic rings. The molecule has 0 spiro atoms. The Balaban J connectivity index is 1.62.